The molecule has 0 aliphatic rings. The van der Waals surface area contributed by atoms with Crippen LogP contribution in [-0.2, 0) is 0 Å². The van der Waals surface area contributed by atoms with E-state index >= 15 is 0 Å². The molecular formula is C17H13F3N4O. The van der Waals surface area contributed by atoms with E-state index in [4.69, 9.17) is 0 Å². The SMILES string of the molecule is OCC(Nc1ncnc(-c2cccc(F)c2)n1)c1cc(F)ccc1F. The summed E-state index contributed by atoms with van der Waals surface area (Å²) in [6, 6.07) is 7.67. The summed E-state index contributed by atoms with van der Waals surface area (Å²) in [5.41, 5.74) is 0.373. The van der Waals surface area contributed by atoms with Gasteiger partial charge in [0.05, 0.1) is 12.6 Å². The molecular weight excluding hydrogens is 333 g/mol. The number of anilines is 1. The molecule has 0 spiro atoms. The van der Waals surface area contributed by atoms with Crippen molar-refractivity contribution >= 4 is 5.95 Å². The van der Waals surface area contributed by atoms with Crippen molar-refractivity contribution in [2.75, 3.05) is 11.9 Å². The lowest BCUT2D eigenvalue weighted by Gasteiger charge is -2.17. The highest BCUT2D eigenvalue weighted by Crippen LogP contribution is 2.22. The molecule has 0 aliphatic heterocycles. The van der Waals surface area contributed by atoms with Crippen molar-refractivity contribution in [3.05, 3.63) is 71.8 Å². The molecule has 128 valence electrons. The standard InChI is InChI=1S/C17H13F3N4O/c18-11-3-1-2-10(6-11)16-21-9-22-17(24-16)23-15(8-25)13-7-12(19)4-5-14(13)20/h1-7,9,15,25H,8H2,(H,21,22,23,24). The molecule has 0 bridgehead atoms. The average molecular weight is 346 g/mol. The van der Waals surface area contributed by atoms with Crippen LogP contribution < -0.4 is 5.32 Å². The van der Waals surface area contributed by atoms with Crippen molar-refractivity contribution in [1.82, 2.24) is 15.0 Å². The van der Waals surface area contributed by atoms with Crippen LogP contribution >= 0.6 is 0 Å². The molecule has 0 amide bonds. The number of nitrogens with one attached hydrogen (secondary N) is 1. The number of aromatic nitrogens is 3. The second-order valence-electron chi connectivity index (χ2n) is 5.19. The average Bonchev–Trinajstić information content (AvgIpc) is 2.62. The molecule has 25 heavy (non-hydrogen) atoms. The Morgan fingerprint density at radius 2 is 1.80 bits per heavy atom. The maximum Gasteiger partial charge on any atom is 0.226 e. The molecule has 1 heterocycles. The Labute approximate surface area is 141 Å². The Morgan fingerprint density at radius 1 is 1.00 bits per heavy atom. The van der Waals surface area contributed by atoms with Gasteiger partial charge in [0.15, 0.2) is 5.82 Å². The molecule has 0 radical (unpaired) electrons. The fourth-order valence-electron chi connectivity index (χ4n) is 2.29. The van der Waals surface area contributed by atoms with E-state index in [1.807, 2.05) is 0 Å². The minimum Gasteiger partial charge on any atom is -0.394 e. The molecule has 8 heteroatoms. The Balaban J connectivity index is 1.89. The van der Waals surface area contributed by atoms with Crippen molar-refractivity contribution in [2.45, 2.75) is 6.04 Å². The molecule has 2 aromatic carbocycles. The number of hydrogen-bond donors (Lipinski definition) is 2. The molecule has 1 aromatic heterocycles. The van der Waals surface area contributed by atoms with E-state index in [1.165, 1.54) is 24.5 Å². The summed E-state index contributed by atoms with van der Waals surface area (Å²) >= 11 is 0. The Morgan fingerprint density at radius 3 is 2.56 bits per heavy atom. The van der Waals surface area contributed by atoms with Gasteiger partial charge in [0.25, 0.3) is 0 Å². The van der Waals surface area contributed by atoms with E-state index in [9.17, 15) is 18.3 Å². The maximum absolute atomic E-state index is 13.9. The fraction of sp³-hybridized carbons (Fsp3) is 0.118. The zero-order valence-corrected chi connectivity index (χ0v) is 12.8. The van der Waals surface area contributed by atoms with Gasteiger partial charge in [-0.1, -0.05) is 12.1 Å². The van der Waals surface area contributed by atoms with Crippen LogP contribution in [-0.4, -0.2) is 26.7 Å². The van der Waals surface area contributed by atoms with E-state index in [1.54, 1.807) is 6.07 Å². The van der Waals surface area contributed by atoms with Crippen molar-refractivity contribution < 1.29 is 18.3 Å². The minimum atomic E-state index is -0.960. The first-order chi connectivity index (χ1) is 12.1. The van der Waals surface area contributed by atoms with Crippen LogP contribution in [0.4, 0.5) is 19.1 Å². The monoisotopic (exact) mass is 346 g/mol. The molecule has 0 saturated carbocycles. The van der Waals surface area contributed by atoms with Gasteiger partial charge in [0.2, 0.25) is 5.95 Å². The smallest absolute Gasteiger partial charge is 0.226 e. The number of hydrogen-bond acceptors (Lipinski definition) is 5. The van der Waals surface area contributed by atoms with Crippen molar-refractivity contribution in [1.29, 1.82) is 0 Å². The topological polar surface area (TPSA) is 70.9 Å². The van der Waals surface area contributed by atoms with Gasteiger partial charge in [0.1, 0.15) is 23.8 Å². The summed E-state index contributed by atoms with van der Waals surface area (Å²) in [6.45, 7) is -0.513. The lowest BCUT2D eigenvalue weighted by Crippen LogP contribution is -2.18. The van der Waals surface area contributed by atoms with Crippen LogP contribution in [0.25, 0.3) is 11.4 Å². The quantitative estimate of drug-likeness (QED) is 0.743. The lowest BCUT2D eigenvalue weighted by molar-refractivity contribution is 0.273. The Bertz CT molecular complexity index is 891. The highest BCUT2D eigenvalue weighted by atomic mass is 19.1. The molecule has 0 saturated heterocycles. The Hall–Kier alpha value is -3.00. The lowest BCUT2D eigenvalue weighted by atomic mass is 10.1. The molecule has 1 atom stereocenters. The van der Waals surface area contributed by atoms with Crippen molar-refractivity contribution in [2.24, 2.45) is 0 Å². The largest absolute Gasteiger partial charge is 0.394 e. The third kappa shape index (κ3) is 3.92. The number of aliphatic hydroxyl groups excluding tert-OH is 1. The molecule has 5 nitrogen and oxygen atoms in total. The van der Waals surface area contributed by atoms with Gasteiger partial charge in [-0.15, -0.1) is 0 Å². The number of aliphatic hydroxyl groups is 1. The first-order valence-corrected chi connectivity index (χ1v) is 7.34. The predicted molar refractivity (Wildman–Crippen MR) is 85.0 cm³/mol. The number of halogens is 3. The highest BCUT2D eigenvalue weighted by molar-refractivity contribution is 5.55. The van der Waals surface area contributed by atoms with Gasteiger partial charge in [-0.3, -0.25) is 0 Å². The fourth-order valence-corrected chi connectivity index (χ4v) is 2.29. The summed E-state index contributed by atoms with van der Waals surface area (Å²) in [5, 5.41) is 12.2. The van der Waals surface area contributed by atoms with Crippen LogP contribution in [0.3, 0.4) is 0 Å². The van der Waals surface area contributed by atoms with E-state index in [-0.39, 0.29) is 17.3 Å². The van der Waals surface area contributed by atoms with E-state index < -0.39 is 30.1 Å². The van der Waals surface area contributed by atoms with Gasteiger partial charge in [-0.05, 0) is 30.3 Å². The summed E-state index contributed by atoms with van der Waals surface area (Å²) in [5.74, 6) is -1.51. The van der Waals surface area contributed by atoms with Crippen molar-refractivity contribution in [3.63, 3.8) is 0 Å². The van der Waals surface area contributed by atoms with Gasteiger partial charge in [0, 0.05) is 11.1 Å². The summed E-state index contributed by atoms with van der Waals surface area (Å²) in [7, 11) is 0. The van der Waals surface area contributed by atoms with Crippen molar-refractivity contribution in [3.8, 4) is 11.4 Å². The normalized spacial score (nSPS) is 12.0. The van der Waals surface area contributed by atoms with E-state index in [0.29, 0.717) is 5.56 Å². The van der Waals surface area contributed by atoms with Crippen LogP contribution in [0, 0.1) is 17.5 Å². The van der Waals surface area contributed by atoms with E-state index in [2.05, 4.69) is 20.3 Å². The van der Waals surface area contributed by atoms with Crippen LogP contribution in [0.2, 0.25) is 0 Å². The summed E-state index contributed by atoms with van der Waals surface area (Å²) < 4.78 is 40.6. The zero-order valence-electron chi connectivity index (χ0n) is 12.8. The number of benzene rings is 2. The molecule has 1 unspecified atom stereocenters. The third-order valence-corrected chi connectivity index (χ3v) is 3.47. The van der Waals surface area contributed by atoms with Gasteiger partial charge < -0.3 is 10.4 Å². The third-order valence-electron chi connectivity index (χ3n) is 3.47. The van der Waals surface area contributed by atoms with Crippen LogP contribution in [0.1, 0.15) is 11.6 Å². The Kier molecular flexibility index (Phi) is 4.90. The number of nitrogens with zero attached hydrogens (tertiary/aromatic N) is 3. The minimum absolute atomic E-state index is 0.0389. The van der Waals surface area contributed by atoms with E-state index in [0.717, 1.165) is 18.2 Å². The number of rotatable bonds is 5. The first kappa shape index (κ1) is 16.8. The molecule has 3 aromatic rings. The summed E-state index contributed by atoms with van der Waals surface area (Å²) in [4.78, 5) is 12.0. The van der Waals surface area contributed by atoms with Gasteiger partial charge >= 0.3 is 0 Å². The predicted octanol–water partition coefficient (Wildman–Crippen LogP) is 3.10. The summed E-state index contributed by atoms with van der Waals surface area (Å²) in [6.07, 6.45) is 1.20. The second-order valence-corrected chi connectivity index (χ2v) is 5.19. The van der Waals surface area contributed by atoms with Gasteiger partial charge in [-0.25, -0.2) is 23.1 Å². The molecule has 3 rings (SSSR count). The maximum atomic E-state index is 13.9. The second kappa shape index (κ2) is 7.27. The molecule has 0 fully saturated rings. The van der Waals surface area contributed by atoms with Crippen LogP contribution in [0.15, 0.2) is 48.8 Å². The highest BCUT2D eigenvalue weighted by Gasteiger charge is 2.17. The molecule has 2 N–H and O–H groups in total. The molecule has 0 aliphatic carbocycles. The van der Waals surface area contributed by atoms with Gasteiger partial charge in [-0.2, -0.15) is 4.98 Å². The van der Waals surface area contributed by atoms with Crippen LogP contribution in [0.5, 0.6) is 0 Å². The zero-order chi connectivity index (χ0) is 17.8. The first-order valence-electron chi connectivity index (χ1n) is 7.34.